The van der Waals surface area contributed by atoms with E-state index in [1.54, 1.807) is 11.9 Å². The predicted octanol–water partition coefficient (Wildman–Crippen LogP) is -0.293. The molecule has 0 aromatic carbocycles. The summed E-state index contributed by atoms with van der Waals surface area (Å²) in [5.41, 5.74) is 5.71. The molecule has 1 rings (SSSR count). The molecule has 5 heteroatoms. The highest BCUT2D eigenvalue weighted by Gasteiger charge is 2.36. The second-order valence-electron chi connectivity index (χ2n) is 4.45. The Labute approximate surface area is 96.4 Å². The molecule has 0 spiro atoms. The van der Waals surface area contributed by atoms with Crippen LogP contribution in [0.1, 0.15) is 26.7 Å². The summed E-state index contributed by atoms with van der Waals surface area (Å²) in [6.07, 6.45) is 1.63. The van der Waals surface area contributed by atoms with Crippen LogP contribution in [0.4, 0.5) is 0 Å². The third-order valence-electron chi connectivity index (χ3n) is 3.26. The van der Waals surface area contributed by atoms with Crippen LogP contribution >= 0.6 is 0 Å². The Morgan fingerprint density at radius 1 is 1.44 bits per heavy atom. The predicted molar refractivity (Wildman–Crippen MR) is 61.6 cm³/mol. The van der Waals surface area contributed by atoms with Gasteiger partial charge in [0.1, 0.15) is 6.04 Å². The average Bonchev–Trinajstić information content (AvgIpc) is 2.74. The molecular formula is C11H21N3O2. The van der Waals surface area contributed by atoms with Crippen molar-refractivity contribution in [3.8, 4) is 0 Å². The van der Waals surface area contributed by atoms with Crippen LogP contribution < -0.4 is 11.1 Å². The highest BCUT2D eigenvalue weighted by molar-refractivity contribution is 5.89. The van der Waals surface area contributed by atoms with Crippen molar-refractivity contribution in [2.24, 2.45) is 11.7 Å². The van der Waals surface area contributed by atoms with Gasteiger partial charge in [0.25, 0.3) is 0 Å². The molecule has 3 N–H and O–H groups in total. The van der Waals surface area contributed by atoms with Crippen LogP contribution in [0.2, 0.25) is 0 Å². The Balaban J connectivity index is 2.71. The molecule has 0 aromatic rings. The van der Waals surface area contributed by atoms with E-state index in [2.05, 4.69) is 5.32 Å². The molecule has 92 valence electrons. The van der Waals surface area contributed by atoms with Gasteiger partial charge in [-0.1, -0.05) is 6.92 Å². The van der Waals surface area contributed by atoms with Crippen LogP contribution in [0.15, 0.2) is 0 Å². The highest BCUT2D eigenvalue weighted by Crippen LogP contribution is 2.20. The fourth-order valence-electron chi connectivity index (χ4n) is 1.96. The zero-order valence-electron chi connectivity index (χ0n) is 10.2. The van der Waals surface area contributed by atoms with Crippen molar-refractivity contribution in [1.29, 1.82) is 0 Å². The Hall–Kier alpha value is -1.10. The first-order chi connectivity index (χ1) is 7.49. The number of rotatable bonds is 3. The van der Waals surface area contributed by atoms with E-state index in [0.29, 0.717) is 6.54 Å². The molecule has 2 amide bonds. The second kappa shape index (κ2) is 5.30. The molecule has 1 aliphatic rings. The quantitative estimate of drug-likeness (QED) is 0.695. The third kappa shape index (κ3) is 2.52. The maximum atomic E-state index is 12.1. The molecule has 1 fully saturated rings. The SMILES string of the molecule is CNC(=O)C1CCCN1C(=O)C(C)C(C)N. The van der Waals surface area contributed by atoms with E-state index in [9.17, 15) is 9.59 Å². The highest BCUT2D eigenvalue weighted by atomic mass is 16.2. The van der Waals surface area contributed by atoms with E-state index in [4.69, 9.17) is 5.73 Å². The second-order valence-corrected chi connectivity index (χ2v) is 4.45. The fraction of sp³-hybridized carbons (Fsp3) is 0.818. The van der Waals surface area contributed by atoms with Crippen molar-refractivity contribution >= 4 is 11.8 Å². The van der Waals surface area contributed by atoms with Gasteiger partial charge in [0.2, 0.25) is 11.8 Å². The van der Waals surface area contributed by atoms with Crippen LogP contribution in [-0.4, -0.2) is 42.4 Å². The summed E-state index contributed by atoms with van der Waals surface area (Å²) in [4.78, 5) is 25.3. The zero-order chi connectivity index (χ0) is 12.3. The number of nitrogens with zero attached hydrogens (tertiary/aromatic N) is 1. The van der Waals surface area contributed by atoms with Crippen LogP contribution in [-0.2, 0) is 9.59 Å². The van der Waals surface area contributed by atoms with Crippen LogP contribution in [0, 0.1) is 5.92 Å². The van der Waals surface area contributed by atoms with Crippen molar-refractivity contribution < 1.29 is 9.59 Å². The van der Waals surface area contributed by atoms with Gasteiger partial charge in [-0.15, -0.1) is 0 Å². The van der Waals surface area contributed by atoms with E-state index in [1.165, 1.54) is 0 Å². The number of carbonyl (C=O) groups is 2. The minimum Gasteiger partial charge on any atom is -0.357 e. The monoisotopic (exact) mass is 227 g/mol. The lowest BCUT2D eigenvalue weighted by Crippen LogP contribution is -2.49. The Morgan fingerprint density at radius 2 is 2.06 bits per heavy atom. The first-order valence-corrected chi connectivity index (χ1v) is 5.76. The molecule has 1 heterocycles. The molecule has 0 aliphatic carbocycles. The van der Waals surface area contributed by atoms with Gasteiger partial charge >= 0.3 is 0 Å². The number of hydrogen-bond donors (Lipinski definition) is 2. The molecule has 16 heavy (non-hydrogen) atoms. The summed E-state index contributed by atoms with van der Waals surface area (Å²) in [7, 11) is 1.60. The van der Waals surface area contributed by atoms with Gasteiger partial charge in [0.15, 0.2) is 0 Å². The summed E-state index contributed by atoms with van der Waals surface area (Å²) in [6.45, 7) is 4.29. The summed E-state index contributed by atoms with van der Waals surface area (Å²) in [5.74, 6) is -0.325. The topological polar surface area (TPSA) is 75.4 Å². The minimum absolute atomic E-state index is 0.0129. The number of nitrogens with one attached hydrogen (secondary N) is 1. The zero-order valence-corrected chi connectivity index (χ0v) is 10.2. The van der Waals surface area contributed by atoms with Gasteiger partial charge in [-0.05, 0) is 19.8 Å². The first kappa shape index (κ1) is 13.0. The van der Waals surface area contributed by atoms with Crippen LogP contribution in [0.5, 0.6) is 0 Å². The summed E-state index contributed by atoms with van der Waals surface area (Å²) in [6, 6.07) is -0.489. The van der Waals surface area contributed by atoms with Gasteiger partial charge in [-0.25, -0.2) is 0 Å². The van der Waals surface area contributed by atoms with E-state index < -0.39 is 0 Å². The lowest BCUT2D eigenvalue weighted by atomic mass is 10.0. The normalized spacial score (nSPS) is 24.0. The summed E-state index contributed by atoms with van der Waals surface area (Å²) >= 11 is 0. The van der Waals surface area contributed by atoms with Crippen molar-refractivity contribution in [3.05, 3.63) is 0 Å². The third-order valence-corrected chi connectivity index (χ3v) is 3.26. The van der Waals surface area contributed by atoms with Crippen molar-refractivity contribution in [2.45, 2.75) is 38.8 Å². The average molecular weight is 227 g/mol. The number of hydrogen-bond acceptors (Lipinski definition) is 3. The number of amides is 2. The number of likely N-dealkylation sites (N-methyl/N-ethyl adjacent to an activating group) is 1. The molecule has 1 aliphatic heterocycles. The van der Waals surface area contributed by atoms with Crippen molar-refractivity contribution in [1.82, 2.24) is 10.2 Å². The molecular weight excluding hydrogens is 206 g/mol. The van der Waals surface area contributed by atoms with E-state index in [1.807, 2.05) is 13.8 Å². The molecule has 0 saturated carbocycles. The molecule has 0 bridgehead atoms. The minimum atomic E-state index is -0.307. The van der Waals surface area contributed by atoms with Gasteiger partial charge in [-0.3, -0.25) is 9.59 Å². The summed E-state index contributed by atoms with van der Waals surface area (Å²) in [5, 5.41) is 2.60. The van der Waals surface area contributed by atoms with Gasteiger partial charge in [0.05, 0.1) is 5.92 Å². The molecule has 0 aromatic heterocycles. The van der Waals surface area contributed by atoms with Gasteiger partial charge in [0, 0.05) is 19.6 Å². The Bertz CT molecular complexity index is 278. The summed E-state index contributed by atoms with van der Waals surface area (Å²) < 4.78 is 0. The van der Waals surface area contributed by atoms with E-state index >= 15 is 0 Å². The smallest absolute Gasteiger partial charge is 0.242 e. The standard InChI is InChI=1S/C11H21N3O2/c1-7(8(2)12)11(16)14-6-4-5-9(14)10(15)13-3/h7-9H,4-6,12H2,1-3H3,(H,13,15). The number of likely N-dealkylation sites (tertiary alicyclic amines) is 1. The molecule has 5 nitrogen and oxygen atoms in total. The van der Waals surface area contributed by atoms with Crippen molar-refractivity contribution in [2.75, 3.05) is 13.6 Å². The fourth-order valence-corrected chi connectivity index (χ4v) is 1.96. The van der Waals surface area contributed by atoms with Crippen LogP contribution in [0.25, 0.3) is 0 Å². The van der Waals surface area contributed by atoms with Gasteiger partial charge < -0.3 is 16.0 Å². The molecule has 3 atom stereocenters. The lowest BCUT2D eigenvalue weighted by Gasteiger charge is -2.27. The largest absolute Gasteiger partial charge is 0.357 e. The van der Waals surface area contributed by atoms with E-state index in [0.717, 1.165) is 12.8 Å². The number of carbonyl (C=O) groups excluding carboxylic acids is 2. The number of nitrogens with two attached hydrogens (primary N) is 1. The lowest BCUT2D eigenvalue weighted by molar-refractivity contribution is -0.141. The molecule has 1 saturated heterocycles. The Kier molecular flexibility index (Phi) is 4.29. The first-order valence-electron chi connectivity index (χ1n) is 5.76. The van der Waals surface area contributed by atoms with Crippen LogP contribution in [0.3, 0.4) is 0 Å². The van der Waals surface area contributed by atoms with Gasteiger partial charge in [-0.2, -0.15) is 0 Å². The maximum absolute atomic E-state index is 12.1. The van der Waals surface area contributed by atoms with Crippen molar-refractivity contribution in [3.63, 3.8) is 0 Å². The molecule has 0 radical (unpaired) electrons. The maximum Gasteiger partial charge on any atom is 0.242 e. The Morgan fingerprint density at radius 3 is 2.56 bits per heavy atom. The van der Waals surface area contributed by atoms with E-state index in [-0.39, 0.29) is 29.8 Å². The molecule has 3 unspecified atom stereocenters.